The minimum Gasteiger partial charge on any atom is -0.367 e. The van der Waals surface area contributed by atoms with E-state index in [2.05, 4.69) is 6.92 Å². The van der Waals surface area contributed by atoms with E-state index < -0.39 is 0 Å². The molecule has 0 aromatic carbocycles. The molecule has 0 N–H and O–H groups in total. The Labute approximate surface area is 121 Å². The van der Waals surface area contributed by atoms with Gasteiger partial charge in [0.25, 0.3) is 0 Å². The second kappa shape index (κ2) is 13.0. The van der Waals surface area contributed by atoms with Crippen molar-refractivity contribution < 1.29 is 4.74 Å². The van der Waals surface area contributed by atoms with Gasteiger partial charge in [-0.15, -0.1) is 0 Å². The van der Waals surface area contributed by atoms with Gasteiger partial charge in [-0.1, -0.05) is 96.8 Å². The summed E-state index contributed by atoms with van der Waals surface area (Å²) in [6.07, 6.45) is 22.0. The van der Waals surface area contributed by atoms with Crippen molar-refractivity contribution in [2.24, 2.45) is 0 Å². The molecule has 0 saturated carbocycles. The molecular formula is C18H35O. The Balaban J connectivity index is 1.60. The highest BCUT2D eigenvalue weighted by Crippen LogP contribution is 2.22. The molecule has 1 unspecified atom stereocenters. The van der Waals surface area contributed by atoms with Crippen LogP contribution in [0, 0.1) is 6.61 Å². The Morgan fingerprint density at radius 2 is 1.00 bits per heavy atom. The summed E-state index contributed by atoms with van der Waals surface area (Å²) in [6, 6.07) is 0. The topological polar surface area (TPSA) is 12.5 Å². The highest BCUT2D eigenvalue weighted by molar-refractivity contribution is 4.82. The molecular weight excluding hydrogens is 232 g/mol. The quantitative estimate of drug-likeness (QED) is 0.246. The summed E-state index contributed by atoms with van der Waals surface area (Å²) < 4.78 is 5.10. The maximum absolute atomic E-state index is 5.10. The van der Waals surface area contributed by atoms with E-state index in [1.165, 1.54) is 96.3 Å². The van der Waals surface area contributed by atoms with E-state index >= 15 is 0 Å². The van der Waals surface area contributed by atoms with Gasteiger partial charge in [0.1, 0.15) is 6.61 Å². The first-order chi connectivity index (χ1) is 9.43. The van der Waals surface area contributed by atoms with E-state index in [9.17, 15) is 0 Å². The van der Waals surface area contributed by atoms with Gasteiger partial charge in [0, 0.05) is 0 Å². The fourth-order valence-corrected chi connectivity index (χ4v) is 2.73. The molecule has 1 heteroatoms. The fraction of sp³-hybridized carbons (Fsp3) is 0.944. The normalized spacial score (nSPS) is 17.8. The molecule has 1 aliphatic heterocycles. The van der Waals surface area contributed by atoms with Crippen molar-refractivity contribution in [1.29, 1.82) is 0 Å². The number of epoxide rings is 1. The molecule has 19 heavy (non-hydrogen) atoms. The van der Waals surface area contributed by atoms with Crippen molar-refractivity contribution in [3.05, 3.63) is 6.61 Å². The number of hydrogen-bond acceptors (Lipinski definition) is 1. The van der Waals surface area contributed by atoms with Crippen LogP contribution in [0.5, 0.6) is 0 Å². The predicted octanol–water partition coefficient (Wildman–Crippen LogP) is 6.42. The van der Waals surface area contributed by atoms with Crippen LogP contribution in [0.4, 0.5) is 0 Å². The minimum atomic E-state index is 0.525. The summed E-state index contributed by atoms with van der Waals surface area (Å²) in [4.78, 5) is 0. The number of ether oxygens (including phenoxy) is 1. The third kappa shape index (κ3) is 12.7. The molecule has 0 aromatic heterocycles. The first kappa shape index (κ1) is 17.0. The van der Waals surface area contributed by atoms with Gasteiger partial charge < -0.3 is 4.74 Å². The van der Waals surface area contributed by atoms with E-state index in [1.807, 2.05) is 6.61 Å². The second-order valence-electron chi connectivity index (χ2n) is 6.20. The Hall–Kier alpha value is -0.0400. The molecule has 0 aromatic rings. The molecule has 1 radical (unpaired) electrons. The van der Waals surface area contributed by atoms with Crippen LogP contribution in [0.2, 0.25) is 0 Å². The molecule has 0 aliphatic carbocycles. The van der Waals surface area contributed by atoms with E-state index in [4.69, 9.17) is 4.74 Å². The lowest BCUT2D eigenvalue weighted by Gasteiger charge is -2.02. The highest BCUT2D eigenvalue weighted by Gasteiger charge is 2.22. The number of rotatable bonds is 15. The SMILES string of the molecule is CCCCCCCCCCCCCCCCC1[CH]O1. The summed E-state index contributed by atoms with van der Waals surface area (Å²) >= 11 is 0. The van der Waals surface area contributed by atoms with Gasteiger partial charge in [-0.3, -0.25) is 0 Å². The average Bonchev–Trinajstić information content (AvgIpc) is 3.23. The molecule has 0 amide bonds. The van der Waals surface area contributed by atoms with Gasteiger partial charge in [-0.05, 0) is 6.42 Å². The third-order valence-electron chi connectivity index (χ3n) is 4.17. The highest BCUT2D eigenvalue weighted by atomic mass is 16.6. The van der Waals surface area contributed by atoms with Crippen LogP contribution in [0.1, 0.15) is 103 Å². The van der Waals surface area contributed by atoms with Crippen LogP contribution in [-0.4, -0.2) is 6.10 Å². The van der Waals surface area contributed by atoms with Gasteiger partial charge in [0.05, 0.1) is 6.10 Å². The predicted molar refractivity (Wildman–Crippen MR) is 84.1 cm³/mol. The number of hydrogen-bond donors (Lipinski definition) is 0. The van der Waals surface area contributed by atoms with Gasteiger partial charge in [-0.25, -0.2) is 0 Å². The third-order valence-corrected chi connectivity index (χ3v) is 4.17. The Bertz CT molecular complexity index is 175. The van der Waals surface area contributed by atoms with Crippen LogP contribution in [0.15, 0.2) is 0 Å². The van der Waals surface area contributed by atoms with Gasteiger partial charge in [0.2, 0.25) is 0 Å². The molecule has 0 spiro atoms. The molecule has 113 valence electrons. The van der Waals surface area contributed by atoms with Crippen LogP contribution in [-0.2, 0) is 4.74 Å². The minimum absolute atomic E-state index is 0.525. The van der Waals surface area contributed by atoms with Crippen LogP contribution in [0.25, 0.3) is 0 Å². The van der Waals surface area contributed by atoms with Crippen LogP contribution >= 0.6 is 0 Å². The average molecular weight is 267 g/mol. The van der Waals surface area contributed by atoms with Crippen molar-refractivity contribution in [2.75, 3.05) is 0 Å². The lowest BCUT2D eigenvalue weighted by atomic mass is 10.0. The summed E-state index contributed by atoms with van der Waals surface area (Å²) in [6.45, 7) is 4.25. The maximum Gasteiger partial charge on any atom is 0.113 e. The van der Waals surface area contributed by atoms with Gasteiger partial charge in [-0.2, -0.15) is 0 Å². The molecule has 1 atom stereocenters. The van der Waals surface area contributed by atoms with Gasteiger partial charge in [0.15, 0.2) is 0 Å². The molecule has 0 bridgehead atoms. The zero-order valence-electron chi connectivity index (χ0n) is 13.2. The van der Waals surface area contributed by atoms with E-state index in [-0.39, 0.29) is 0 Å². The molecule has 1 fully saturated rings. The maximum atomic E-state index is 5.10. The van der Waals surface area contributed by atoms with E-state index in [1.54, 1.807) is 0 Å². The number of unbranched alkanes of at least 4 members (excludes halogenated alkanes) is 13. The van der Waals surface area contributed by atoms with E-state index in [0.29, 0.717) is 6.10 Å². The molecule has 1 nitrogen and oxygen atoms in total. The molecule has 1 rings (SSSR count). The Morgan fingerprint density at radius 3 is 1.37 bits per heavy atom. The zero-order chi connectivity index (χ0) is 13.6. The molecule has 1 heterocycles. The van der Waals surface area contributed by atoms with Crippen LogP contribution < -0.4 is 0 Å². The first-order valence-electron chi connectivity index (χ1n) is 8.92. The van der Waals surface area contributed by atoms with Crippen LogP contribution in [0.3, 0.4) is 0 Å². The molecule has 1 aliphatic rings. The van der Waals surface area contributed by atoms with Crippen molar-refractivity contribution in [3.63, 3.8) is 0 Å². The largest absolute Gasteiger partial charge is 0.367 e. The lowest BCUT2D eigenvalue weighted by Crippen LogP contribution is -1.85. The second-order valence-corrected chi connectivity index (χ2v) is 6.20. The van der Waals surface area contributed by atoms with Crippen molar-refractivity contribution in [3.8, 4) is 0 Å². The fourth-order valence-electron chi connectivity index (χ4n) is 2.73. The first-order valence-corrected chi connectivity index (χ1v) is 8.92. The van der Waals surface area contributed by atoms with Crippen molar-refractivity contribution in [2.45, 2.75) is 109 Å². The van der Waals surface area contributed by atoms with Crippen molar-refractivity contribution >= 4 is 0 Å². The summed E-state index contributed by atoms with van der Waals surface area (Å²) in [7, 11) is 0. The Morgan fingerprint density at radius 1 is 0.632 bits per heavy atom. The molecule has 1 saturated heterocycles. The van der Waals surface area contributed by atoms with Crippen molar-refractivity contribution in [1.82, 2.24) is 0 Å². The smallest absolute Gasteiger partial charge is 0.113 e. The zero-order valence-corrected chi connectivity index (χ0v) is 13.2. The Kier molecular flexibility index (Phi) is 11.6. The summed E-state index contributed by atoms with van der Waals surface area (Å²) in [5.41, 5.74) is 0. The van der Waals surface area contributed by atoms with E-state index in [0.717, 1.165) is 0 Å². The lowest BCUT2D eigenvalue weighted by molar-refractivity contribution is 0.399. The van der Waals surface area contributed by atoms with Gasteiger partial charge >= 0.3 is 0 Å². The summed E-state index contributed by atoms with van der Waals surface area (Å²) in [5.74, 6) is 0. The monoisotopic (exact) mass is 267 g/mol. The summed E-state index contributed by atoms with van der Waals surface area (Å²) in [5, 5.41) is 0. The standard InChI is InChI=1S/C18H35O/c1-2-3-4-5-6-7-8-9-10-11-12-13-14-15-16-18-17-19-18/h17-18H,2-16H2,1H3.